The lowest BCUT2D eigenvalue weighted by Crippen LogP contribution is -2.54. The number of carbonyl (C=O) groups is 3. The Bertz CT molecular complexity index is 1130. The van der Waals surface area contributed by atoms with Gasteiger partial charge in [-0.25, -0.2) is 9.69 Å². The van der Waals surface area contributed by atoms with Crippen molar-refractivity contribution in [3.63, 3.8) is 0 Å². The number of urea groups is 1. The van der Waals surface area contributed by atoms with E-state index >= 15 is 0 Å². The highest BCUT2D eigenvalue weighted by Crippen LogP contribution is 2.38. The largest absolute Gasteiger partial charge is 0.493 e. The van der Waals surface area contributed by atoms with Crippen molar-refractivity contribution >= 4 is 64.4 Å². The molecule has 1 heterocycles. The Morgan fingerprint density at radius 3 is 2.44 bits per heavy atom. The van der Waals surface area contributed by atoms with Crippen LogP contribution in [0.3, 0.4) is 0 Å². The second-order valence-corrected chi connectivity index (χ2v) is 8.18. The molecule has 0 spiro atoms. The molecule has 7 nitrogen and oxygen atoms in total. The Morgan fingerprint density at radius 2 is 1.81 bits per heavy atom. The minimum Gasteiger partial charge on any atom is -0.493 e. The number of nitrogens with one attached hydrogen (secondary N) is 1. The Hall–Kier alpha value is -2.74. The molecule has 1 aliphatic rings. The lowest BCUT2D eigenvalue weighted by atomic mass is 10.1. The number of barbiturate groups is 1. The third kappa shape index (κ3) is 4.85. The zero-order valence-corrected chi connectivity index (χ0v) is 19.6. The molecule has 1 fully saturated rings. The maximum atomic E-state index is 13.1. The molecule has 168 valence electrons. The van der Waals surface area contributed by atoms with Crippen LogP contribution in [0.15, 0.2) is 35.9 Å². The molecular formula is C22H19Cl3N2O5. The van der Waals surface area contributed by atoms with Gasteiger partial charge in [-0.3, -0.25) is 14.9 Å². The van der Waals surface area contributed by atoms with Crippen molar-refractivity contribution in [2.75, 3.05) is 12.0 Å². The van der Waals surface area contributed by atoms with E-state index in [4.69, 9.17) is 44.3 Å². The van der Waals surface area contributed by atoms with Crippen molar-refractivity contribution in [1.82, 2.24) is 5.32 Å². The molecule has 1 N–H and O–H groups in total. The van der Waals surface area contributed by atoms with Crippen LogP contribution in [-0.4, -0.2) is 31.1 Å². The average Bonchev–Trinajstić information content (AvgIpc) is 2.73. The SMILES string of the molecule is CCC(C)Oc1c(Cl)cc(C=C2C(=O)NC(=O)N(c3ccc(Cl)cc3Cl)C2=O)cc1OC. The fourth-order valence-electron chi connectivity index (χ4n) is 2.93. The predicted molar refractivity (Wildman–Crippen MR) is 124 cm³/mol. The first-order chi connectivity index (χ1) is 15.2. The summed E-state index contributed by atoms with van der Waals surface area (Å²) in [5.74, 6) is -1.01. The first-order valence-corrected chi connectivity index (χ1v) is 10.7. The van der Waals surface area contributed by atoms with Gasteiger partial charge in [0, 0.05) is 5.02 Å². The summed E-state index contributed by atoms with van der Waals surface area (Å²) in [6, 6.07) is 6.47. The van der Waals surface area contributed by atoms with Crippen molar-refractivity contribution in [3.8, 4) is 11.5 Å². The highest BCUT2D eigenvalue weighted by atomic mass is 35.5. The van der Waals surface area contributed by atoms with E-state index in [0.29, 0.717) is 22.1 Å². The number of amides is 4. The Labute approximate surface area is 199 Å². The number of rotatable bonds is 6. The number of hydrogen-bond acceptors (Lipinski definition) is 5. The number of carbonyl (C=O) groups excluding carboxylic acids is 3. The van der Waals surface area contributed by atoms with Gasteiger partial charge in [0.25, 0.3) is 11.8 Å². The van der Waals surface area contributed by atoms with Crippen LogP contribution in [0.2, 0.25) is 15.1 Å². The minimum atomic E-state index is -0.922. The van der Waals surface area contributed by atoms with Gasteiger partial charge in [0.15, 0.2) is 11.5 Å². The summed E-state index contributed by atoms with van der Waals surface area (Å²) >= 11 is 18.4. The van der Waals surface area contributed by atoms with E-state index < -0.39 is 17.8 Å². The molecule has 0 saturated carbocycles. The van der Waals surface area contributed by atoms with Crippen molar-refractivity contribution in [3.05, 3.63) is 56.5 Å². The van der Waals surface area contributed by atoms with E-state index in [9.17, 15) is 14.4 Å². The van der Waals surface area contributed by atoms with Gasteiger partial charge in [-0.15, -0.1) is 0 Å². The van der Waals surface area contributed by atoms with E-state index in [-0.39, 0.29) is 27.4 Å². The monoisotopic (exact) mass is 496 g/mol. The molecule has 0 aliphatic carbocycles. The van der Waals surface area contributed by atoms with Crippen LogP contribution in [0.25, 0.3) is 6.08 Å². The quantitative estimate of drug-likeness (QED) is 0.421. The lowest BCUT2D eigenvalue weighted by Gasteiger charge is -2.27. The second-order valence-electron chi connectivity index (χ2n) is 6.92. The van der Waals surface area contributed by atoms with Gasteiger partial charge in [0.1, 0.15) is 5.57 Å². The normalized spacial score (nSPS) is 16.2. The Kier molecular flexibility index (Phi) is 7.33. The van der Waals surface area contributed by atoms with Crippen molar-refractivity contribution in [2.24, 2.45) is 0 Å². The van der Waals surface area contributed by atoms with Gasteiger partial charge in [-0.1, -0.05) is 41.7 Å². The molecule has 3 rings (SSSR count). The van der Waals surface area contributed by atoms with Crippen LogP contribution in [0.5, 0.6) is 11.5 Å². The van der Waals surface area contributed by atoms with E-state index in [2.05, 4.69) is 5.32 Å². The maximum Gasteiger partial charge on any atom is 0.335 e. The second kappa shape index (κ2) is 9.81. The standard InChI is InChI=1S/C22H19Cl3N2O5/c1-4-11(2)32-19-16(25)8-12(9-18(19)31-3)7-14-20(28)26-22(30)27(21(14)29)17-6-5-13(23)10-15(17)24/h5-11H,4H2,1-3H3,(H,26,28,30). The summed E-state index contributed by atoms with van der Waals surface area (Å²) in [5, 5.41) is 2.79. The van der Waals surface area contributed by atoms with E-state index in [1.54, 1.807) is 6.07 Å². The first kappa shape index (κ1) is 23.9. The summed E-state index contributed by atoms with van der Waals surface area (Å²) in [4.78, 5) is 38.7. The number of ether oxygens (including phenoxy) is 2. The Balaban J connectivity index is 2.03. The van der Waals surface area contributed by atoms with Gasteiger partial charge in [0.05, 0.1) is 28.9 Å². The maximum absolute atomic E-state index is 13.1. The average molecular weight is 498 g/mol. The lowest BCUT2D eigenvalue weighted by molar-refractivity contribution is -0.122. The van der Waals surface area contributed by atoms with Crippen molar-refractivity contribution < 1.29 is 23.9 Å². The molecular weight excluding hydrogens is 479 g/mol. The number of methoxy groups -OCH3 is 1. The molecule has 1 aliphatic heterocycles. The van der Waals surface area contributed by atoms with Crippen molar-refractivity contribution in [1.29, 1.82) is 0 Å². The van der Waals surface area contributed by atoms with Gasteiger partial charge >= 0.3 is 6.03 Å². The number of imide groups is 2. The Morgan fingerprint density at radius 1 is 1.09 bits per heavy atom. The molecule has 1 atom stereocenters. The molecule has 1 saturated heterocycles. The molecule has 1 unspecified atom stereocenters. The van der Waals surface area contributed by atoms with Crippen LogP contribution in [0.4, 0.5) is 10.5 Å². The summed E-state index contributed by atoms with van der Waals surface area (Å²) in [7, 11) is 1.45. The van der Waals surface area contributed by atoms with Crippen LogP contribution in [-0.2, 0) is 9.59 Å². The van der Waals surface area contributed by atoms with Gasteiger partial charge < -0.3 is 9.47 Å². The van der Waals surface area contributed by atoms with Gasteiger partial charge in [-0.05, 0) is 55.3 Å². The van der Waals surface area contributed by atoms with E-state index in [1.807, 2.05) is 13.8 Å². The summed E-state index contributed by atoms with van der Waals surface area (Å²) in [6.07, 6.45) is 1.97. The number of hydrogen-bond donors (Lipinski definition) is 1. The zero-order valence-electron chi connectivity index (χ0n) is 17.4. The van der Waals surface area contributed by atoms with Gasteiger partial charge in [0.2, 0.25) is 0 Å². The first-order valence-electron chi connectivity index (χ1n) is 9.57. The summed E-state index contributed by atoms with van der Waals surface area (Å²) < 4.78 is 11.2. The molecule has 2 aromatic carbocycles. The number of benzene rings is 2. The van der Waals surface area contributed by atoms with Gasteiger partial charge in [-0.2, -0.15) is 0 Å². The molecule has 32 heavy (non-hydrogen) atoms. The van der Waals surface area contributed by atoms with Crippen molar-refractivity contribution in [2.45, 2.75) is 26.4 Å². The third-order valence-electron chi connectivity index (χ3n) is 4.71. The van der Waals surface area contributed by atoms with E-state index in [0.717, 1.165) is 11.3 Å². The summed E-state index contributed by atoms with van der Waals surface area (Å²) in [6.45, 7) is 3.86. The molecule has 0 bridgehead atoms. The molecule has 0 aromatic heterocycles. The number of nitrogens with zero attached hydrogens (tertiary/aromatic N) is 1. The molecule has 10 heteroatoms. The topological polar surface area (TPSA) is 84.9 Å². The fourth-order valence-corrected chi connectivity index (χ4v) is 3.68. The number of anilines is 1. The smallest absolute Gasteiger partial charge is 0.335 e. The van der Waals surface area contributed by atoms with Crippen LogP contribution >= 0.6 is 34.8 Å². The van der Waals surface area contributed by atoms with Crippen LogP contribution < -0.4 is 19.7 Å². The molecule has 4 amide bonds. The fraction of sp³-hybridized carbons (Fsp3) is 0.227. The van der Waals surface area contributed by atoms with Crippen LogP contribution in [0.1, 0.15) is 25.8 Å². The molecule has 2 aromatic rings. The van der Waals surface area contributed by atoms with Crippen LogP contribution in [0, 0.1) is 0 Å². The summed E-state index contributed by atoms with van der Waals surface area (Å²) in [5.41, 5.74) is 0.201. The highest BCUT2D eigenvalue weighted by Gasteiger charge is 2.37. The zero-order chi connectivity index (χ0) is 23.6. The highest BCUT2D eigenvalue weighted by molar-refractivity contribution is 6.42. The minimum absolute atomic E-state index is 0.0750. The predicted octanol–water partition coefficient (Wildman–Crippen LogP) is 5.50. The molecule has 0 radical (unpaired) electrons. The number of halogens is 3. The third-order valence-corrected chi connectivity index (χ3v) is 5.53. The van der Waals surface area contributed by atoms with E-state index in [1.165, 1.54) is 37.5 Å².